The van der Waals surface area contributed by atoms with Crippen LogP contribution < -0.4 is 0 Å². The molecule has 2 aromatic carbocycles. The van der Waals surface area contributed by atoms with E-state index in [0.29, 0.717) is 16.7 Å². The van der Waals surface area contributed by atoms with Gasteiger partial charge < -0.3 is 20.1 Å². The van der Waals surface area contributed by atoms with Gasteiger partial charge in [0, 0.05) is 13.5 Å². The van der Waals surface area contributed by atoms with Crippen LogP contribution in [0.3, 0.4) is 0 Å². The van der Waals surface area contributed by atoms with Gasteiger partial charge in [-0.25, -0.2) is 14.4 Å². The molecule has 0 unspecified atom stereocenters. The fraction of sp³-hybridized carbons (Fsp3) is 0.167. The molecule has 0 aromatic heterocycles. The van der Waals surface area contributed by atoms with Crippen molar-refractivity contribution in [1.82, 2.24) is 0 Å². The quantitative estimate of drug-likeness (QED) is 0.658. The summed E-state index contributed by atoms with van der Waals surface area (Å²) in [6.45, 7) is 0. The van der Waals surface area contributed by atoms with Crippen molar-refractivity contribution >= 4 is 17.9 Å². The van der Waals surface area contributed by atoms with Crippen LogP contribution in [-0.4, -0.2) is 45.9 Å². The molecule has 0 saturated heterocycles. The minimum Gasteiger partial charge on any atom is -0.479 e. The van der Waals surface area contributed by atoms with Gasteiger partial charge in [0.15, 0.2) is 0 Å². The molecular weight excluding hydrogens is 328 g/mol. The number of hydrogen-bond donors (Lipinski definition) is 3. The number of methoxy groups -OCH3 is 1. The summed E-state index contributed by atoms with van der Waals surface area (Å²) in [6, 6.07) is 12.8. The van der Waals surface area contributed by atoms with E-state index in [1.54, 1.807) is 42.5 Å². The van der Waals surface area contributed by atoms with Crippen LogP contribution in [0.1, 0.15) is 15.9 Å². The predicted molar refractivity (Wildman–Crippen MR) is 87.6 cm³/mol. The number of benzene rings is 2. The van der Waals surface area contributed by atoms with E-state index < -0.39 is 23.5 Å². The number of ether oxygens (including phenoxy) is 1. The Kier molecular flexibility index (Phi) is 5.19. The Hall–Kier alpha value is -3.19. The van der Waals surface area contributed by atoms with Gasteiger partial charge in [-0.3, -0.25) is 0 Å². The predicted octanol–water partition coefficient (Wildman–Crippen LogP) is 2.15. The first-order valence-corrected chi connectivity index (χ1v) is 7.25. The molecule has 0 bridgehead atoms. The van der Waals surface area contributed by atoms with Gasteiger partial charge in [0.2, 0.25) is 0 Å². The lowest BCUT2D eigenvalue weighted by atomic mass is 9.92. The van der Waals surface area contributed by atoms with E-state index in [2.05, 4.69) is 0 Å². The van der Waals surface area contributed by atoms with E-state index in [9.17, 15) is 29.7 Å². The highest BCUT2D eigenvalue weighted by atomic mass is 16.5. The molecule has 0 saturated carbocycles. The summed E-state index contributed by atoms with van der Waals surface area (Å²) < 4.78 is 4.75. The van der Waals surface area contributed by atoms with E-state index >= 15 is 0 Å². The second-order valence-corrected chi connectivity index (χ2v) is 5.37. The van der Waals surface area contributed by atoms with Crippen molar-refractivity contribution in [1.29, 1.82) is 0 Å². The fourth-order valence-electron chi connectivity index (χ4n) is 2.50. The Morgan fingerprint density at radius 1 is 0.920 bits per heavy atom. The summed E-state index contributed by atoms with van der Waals surface area (Å²) in [5.41, 5.74) is -0.673. The second-order valence-electron chi connectivity index (χ2n) is 5.37. The molecule has 0 aliphatic carbocycles. The van der Waals surface area contributed by atoms with Crippen molar-refractivity contribution < 1.29 is 34.4 Å². The molecule has 0 fully saturated rings. The number of rotatable bonds is 7. The highest BCUT2D eigenvalue weighted by Gasteiger charge is 2.47. The average Bonchev–Trinajstić information content (AvgIpc) is 2.59. The first-order chi connectivity index (χ1) is 11.8. The Labute approximate surface area is 143 Å². The third kappa shape index (κ3) is 3.51. The molecule has 0 aliphatic heterocycles. The normalized spacial score (nSPS) is 11.1. The summed E-state index contributed by atoms with van der Waals surface area (Å²) in [6.07, 6.45) is -0.366. The van der Waals surface area contributed by atoms with Crippen molar-refractivity contribution in [3.63, 3.8) is 0 Å². The monoisotopic (exact) mass is 344 g/mol. The van der Waals surface area contributed by atoms with Gasteiger partial charge >= 0.3 is 17.9 Å². The summed E-state index contributed by atoms with van der Waals surface area (Å²) in [4.78, 5) is 34.0. The summed E-state index contributed by atoms with van der Waals surface area (Å²) in [7, 11) is 1.03. The Morgan fingerprint density at radius 2 is 1.48 bits per heavy atom. The molecule has 0 aliphatic rings. The van der Waals surface area contributed by atoms with Gasteiger partial charge in [0.05, 0.1) is 5.56 Å². The van der Waals surface area contributed by atoms with E-state index in [4.69, 9.17) is 4.74 Å². The van der Waals surface area contributed by atoms with Gasteiger partial charge in [-0.1, -0.05) is 42.5 Å². The summed E-state index contributed by atoms with van der Waals surface area (Å²) in [5.74, 6) is -4.25. The number of hydrogen-bond acceptors (Lipinski definition) is 4. The molecule has 0 heterocycles. The number of carboxylic acids is 3. The van der Waals surface area contributed by atoms with E-state index in [0.717, 1.165) is 7.11 Å². The average molecular weight is 344 g/mol. The number of carboxylic acid groups (broad SMARTS) is 3. The van der Waals surface area contributed by atoms with Crippen molar-refractivity contribution in [2.24, 2.45) is 0 Å². The van der Waals surface area contributed by atoms with Gasteiger partial charge in [-0.2, -0.15) is 0 Å². The third-order valence-corrected chi connectivity index (χ3v) is 3.91. The van der Waals surface area contributed by atoms with Gasteiger partial charge in [0.25, 0.3) is 5.60 Å². The lowest BCUT2D eigenvalue weighted by molar-refractivity contribution is -0.179. The maximum atomic E-state index is 11.3. The van der Waals surface area contributed by atoms with E-state index in [1.165, 1.54) is 6.07 Å². The van der Waals surface area contributed by atoms with E-state index in [1.807, 2.05) is 0 Å². The largest absolute Gasteiger partial charge is 0.479 e. The number of aromatic carboxylic acids is 1. The zero-order valence-electron chi connectivity index (χ0n) is 13.3. The Balaban J connectivity index is 2.37. The van der Waals surface area contributed by atoms with E-state index in [-0.39, 0.29) is 12.0 Å². The molecule has 3 N–H and O–H groups in total. The van der Waals surface area contributed by atoms with Crippen LogP contribution in [-0.2, 0) is 20.7 Å². The standard InChI is InChI=1S/C18H16O7/c1-25-18(16(21)22,17(23)24)10-11-6-8-12(9-7-11)13-4-2-3-5-14(13)15(19)20/h2-9H,10H2,1H3,(H,19,20)(H,21,22)(H,23,24). The minimum atomic E-state index is -2.37. The lowest BCUT2D eigenvalue weighted by Gasteiger charge is -2.23. The van der Waals surface area contributed by atoms with Gasteiger partial charge in [-0.05, 0) is 22.8 Å². The maximum Gasteiger partial charge on any atom is 0.348 e. The molecule has 0 radical (unpaired) electrons. The minimum absolute atomic E-state index is 0.137. The van der Waals surface area contributed by atoms with Crippen LogP contribution in [0, 0.1) is 0 Å². The van der Waals surface area contributed by atoms with Crippen molar-refractivity contribution in [2.45, 2.75) is 12.0 Å². The van der Waals surface area contributed by atoms with Crippen LogP contribution in [0.25, 0.3) is 11.1 Å². The SMILES string of the molecule is COC(Cc1ccc(-c2ccccc2C(=O)O)cc1)(C(=O)O)C(=O)O. The summed E-state index contributed by atoms with van der Waals surface area (Å²) >= 11 is 0. The molecule has 0 spiro atoms. The summed E-state index contributed by atoms with van der Waals surface area (Å²) in [5, 5.41) is 27.7. The molecule has 130 valence electrons. The van der Waals surface area contributed by atoms with Crippen molar-refractivity contribution in [2.75, 3.05) is 7.11 Å². The first-order valence-electron chi connectivity index (χ1n) is 7.25. The molecule has 7 nitrogen and oxygen atoms in total. The highest BCUT2D eigenvalue weighted by Crippen LogP contribution is 2.26. The highest BCUT2D eigenvalue weighted by molar-refractivity contribution is 6.02. The molecule has 7 heteroatoms. The maximum absolute atomic E-state index is 11.3. The Bertz CT molecular complexity index is 794. The van der Waals surface area contributed by atoms with Crippen LogP contribution in [0.15, 0.2) is 48.5 Å². The number of carbonyl (C=O) groups is 3. The molecule has 2 rings (SSSR count). The smallest absolute Gasteiger partial charge is 0.348 e. The third-order valence-electron chi connectivity index (χ3n) is 3.91. The van der Waals surface area contributed by atoms with Crippen LogP contribution in [0.2, 0.25) is 0 Å². The van der Waals surface area contributed by atoms with Gasteiger partial charge in [-0.15, -0.1) is 0 Å². The van der Waals surface area contributed by atoms with Gasteiger partial charge in [0.1, 0.15) is 0 Å². The fourth-order valence-corrected chi connectivity index (χ4v) is 2.50. The molecule has 2 aromatic rings. The molecule has 25 heavy (non-hydrogen) atoms. The van der Waals surface area contributed by atoms with Crippen molar-refractivity contribution in [3.05, 3.63) is 59.7 Å². The zero-order chi connectivity index (χ0) is 18.6. The van der Waals surface area contributed by atoms with Crippen LogP contribution in [0.4, 0.5) is 0 Å². The topological polar surface area (TPSA) is 121 Å². The second kappa shape index (κ2) is 7.14. The van der Waals surface area contributed by atoms with Crippen molar-refractivity contribution in [3.8, 4) is 11.1 Å². The molecule has 0 atom stereocenters. The van der Waals surface area contributed by atoms with Crippen LogP contribution in [0.5, 0.6) is 0 Å². The lowest BCUT2D eigenvalue weighted by Crippen LogP contribution is -2.50. The zero-order valence-corrected chi connectivity index (χ0v) is 13.3. The molecule has 0 amide bonds. The van der Waals surface area contributed by atoms with Crippen LogP contribution >= 0.6 is 0 Å². The Morgan fingerprint density at radius 3 is 1.96 bits per heavy atom. The first kappa shape index (κ1) is 18.2. The molecular formula is C18H16O7. The number of aliphatic carboxylic acids is 2.